The summed E-state index contributed by atoms with van der Waals surface area (Å²) in [6, 6.07) is 0. The fourth-order valence-corrected chi connectivity index (χ4v) is 1.39. The quantitative estimate of drug-likeness (QED) is 0.710. The van der Waals surface area contributed by atoms with Gasteiger partial charge in [0.15, 0.2) is 0 Å². The lowest BCUT2D eigenvalue weighted by atomic mass is 10.5. The molecule has 2 aromatic rings. The topological polar surface area (TPSA) is 111 Å². The van der Waals surface area contributed by atoms with Gasteiger partial charge in [-0.05, 0) is 13.6 Å². The van der Waals surface area contributed by atoms with Gasteiger partial charge in [0.2, 0.25) is 11.9 Å². The molecule has 0 aliphatic heterocycles. The van der Waals surface area contributed by atoms with E-state index in [-0.39, 0.29) is 5.95 Å². The molecule has 0 amide bonds. The number of rotatable bonds is 6. The predicted octanol–water partition coefficient (Wildman–Crippen LogP) is -0.602. The van der Waals surface area contributed by atoms with Crippen molar-refractivity contribution in [3.05, 3.63) is 12.7 Å². The molecule has 0 spiro atoms. The van der Waals surface area contributed by atoms with Crippen molar-refractivity contribution in [2.75, 3.05) is 37.7 Å². The van der Waals surface area contributed by atoms with Crippen molar-refractivity contribution in [3.8, 4) is 5.95 Å². The zero-order chi connectivity index (χ0) is 13.7. The van der Waals surface area contributed by atoms with Crippen molar-refractivity contribution >= 4 is 11.9 Å². The average Bonchev–Trinajstić information content (AvgIpc) is 2.91. The molecule has 0 aromatic carbocycles. The second kappa shape index (κ2) is 6.05. The highest BCUT2D eigenvalue weighted by atomic mass is 15.4. The van der Waals surface area contributed by atoms with Gasteiger partial charge < -0.3 is 16.0 Å². The van der Waals surface area contributed by atoms with Gasteiger partial charge in [-0.15, -0.1) is 0 Å². The molecule has 102 valence electrons. The van der Waals surface area contributed by atoms with E-state index in [1.54, 1.807) is 0 Å². The number of hydrogen-bond donors (Lipinski definition) is 2. The number of nitrogens with one attached hydrogen (secondary N) is 1. The molecule has 9 heteroatoms. The molecule has 0 bridgehead atoms. The molecule has 2 heterocycles. The van der Waals surface area contributed by atoms with Gasteiger partial charge in [-0.3, -0.25) is 0 Å². The van der Waals surface area contributed by atoms with Crippen LogP contribution in [-0.4, -0.2) is 61.3 Å². The first-order valence-electron chi connectivity index (χ1n) is 5.98. The van der Waals surface area contributed by atoms with Crippen LogP contribution >= 0.6 is 0 Å². The number of anilines is 2. The van der Waals surface area contributed by atoms with Crippen molar-refractivity contribution in [1.29, 1.82) is 0 Å². The summed E-state index contributed by atoms with van der Waals surface area (Å²) in [4.78, 5) is 18.3. The first-order valence-corrected chi connectivity index (χ1v) is 5.98. The molecular weight excluding hydrogens is 246 g/mol. The van der Waals surface area contributed by atoms with Gasteiger partial charge in [0.1, 0.15) is 12.7 Å². The summed E-state index contributed by atoms with van der Waals surface area (Å²) in [5.74, 6) is 0.922. The Labute approximate surface area is 110 Å². The van der Waals surface area contributed by atoms with E-state index in [9.17, 15) is 0 Å². The van der Waals surface area contributed by atoms with Crippen LogP contribution in [0.3, 0.4) is 0 Å². The summed E-state index contributed by atoms with van der Waals surface area (Å²) < 4.78 is 1.43. The van der Waals surface area contributed by atoms with Crippen molar-refractivity contribution in [2.24, 2.45) is 0 Å². The maximum atomic E-state index is 5.65. The number of likely N-dealkylation sites (N-methyl/N-ethyl adjacent to an activating group) is 1. The zero-order valence-electron chi connectivity index (χ0n) is 11.0. The lowest BCUT2D eigenvalue weighted by molar-refractivity contribution is 0.367. The third-order valence-corrected chi connectivity index (χ3v) is 2.58. The zero-order valence-corrected chi connectivity index (χ0v) is 11.0. The molecule has 3 N–H and O–H groups in total. The highest BCUT2D eigenvalue weighted by molar-refractivity contribution is 5.34. The van der Waals surface area contributed by atoms with E-state index in [1.165, 1.54) is 17.3 Å². The Morgan fingerprint density at radius 3 is 2.89 bits per heavy atom. The fraction of sp³-hybridized carbons (Fsp3) is 0.500. The minimum Gasteiger partial charge on any atom is -0.368 e. The largest absolute Gasteiger partial charge is 0.368 e. The first kappa shape index (κ1) is 13.1. The van der Waals surface area contributed by atoms with Gasteiger partial charge in [0, 0.05) is 13.1 Å². The van der Waals surface area contributed by atoms with Gasteiger partial charge in [-0.2, -0.15) is 24.7 Å². The summed E-state index contributed by atoms with van der Waals surface area (Å²) in [6.45, 7) is 4.71. The highest BCUT2D eigenvalue weighted by Gasteiger charge is 2.06. The van der Waals surface area contributed by atoms with Crippen LogP contribution in [0.15, 0.2) is 12.7 Å². The Hall–Kier alpha value is -2.29. The maximum absolute atomic E-state index is 5.65. The van der Waals surface area contributed by atoms with Crippen LogP contribution < -0.4 is 11.1 Å². The Kier molecular flexibility index (Phi) is 4.18. The number of nitrogen functional groups attached to an aromatic ring is 1. The number of aromatic nitrogens is 6. The van der Waals surface area contributed by atoms with E-state index in [1.807, 2.05) is 7.05 Å². The lowest BCUT2D eigenvalue weighted by Gasteiger charge is -2.14. The van der Waals surface area contributed by atoms with E-state index >= 15 is 0 Å². The summed E-state index contributed by atoms with van der Waals surface area (Å²) in [7, 11) is 2.05. The molecule has 0 fully saturated rings. The SMILES string of the molecule is CCN(C)CCNc1nc(N)nc(-n2cncn2)n1. The van der Waals surface area contributed by atoms with E-state index in [2.05, 4.69) is 42.2 Å². The second-order valence-corrected chi connectivity index (χ2v) is 3.98. The molecule has 0 unspecified atom stereocenters. The van der Waals surface area contributed by atoms with E-state index in [0.717, 1.165) is 19.6 Å². The molecule has 0 radical (unpaired) electrons. The molecule has 0 saturated heterocycles. The van der Waals surface area contributed by atoms with Crippen LogP contribution in [0, 0.1) is 0 Å². The minimum absolute atomic E-state index is 0.145. The first-order chi connectivity index (χ1) is 9.19. The Bertz CT molecular complexity index is 510. The van der Waals surface area contributed by atoms with Gasteiger partial charge >= 0.3 is 0 Å². The summed E-state index contributed by atoms with van der Waals surface area (Å²) in [6.07, 6.45) is 2.91. The average molecular weight is 263 g/mol. The maximum Gasteiger partial charge on any atom is 0.258 e. The van der Waals surface area contributed by atoms with Gasteiger partial charge in [-0.1, -0.05) is 6.92 Å². The smallest absolute Gasteiger partial charge is 0.258 e. The Balaban J connectivity index is 2.05. The highest BCUT2D eigenvalue weighted by Crippen LogP contribution is 2.05. The van der Waals surface area contributed by atoms with Crippen LogP contribution in [0.25, 0.3) is 5.95 Å². The number of hydrogen-bond acceptors (Lipinski definition) is 8. The third-order valence-electron chi connectivity index (χ3n) is 2.58. The molecule has 0 aliphatic carbocycles. The minimum atomic E-state index is 0.145. The monoisotopic (exact) mass is 263 g/mol. The van der Waals surface area contributed by atoms with Gasteiger partial charge in [-0.25, -0.2) is 4.98 Å². The third kappa shape index (κ3) is 3.58. The van der Waals surface area contributed by atoms with E-state index in [4.69, 9.17) is 5.73 Å². The van der Waals surface area contributed by atoms with Crippen molar-refractivity contribution in [2.45, 2.75) is 6.92 Å². The molecule has 0 aliphatic rings. The Morgan fingerprint density at radius 1 is 1.37 bits per heavy atom. The molecule has 2 rings (SSSR count). The number of nitrogens with two attached hydrogens (primary N) is 1. The van der Waals surface area contributed by atoms with E-state index < -0.39 is 0 Å². The molecule has 19 heavy (non-hydrogen) atoms. The summed E-state index contributed by atoms with van der Waals surface area (Å²) >= 11 is 0. The molecule has 2 aromatic heterocycles. The van der Waals surface area contributed by atoms with Crippen molar-refractivity contribution in [3.63, 3.8) is 0 Å². The van der Waals surface area contributed by atoms with Crippen LogP contribution in [0.1, 0.15) is 6.92 Å². The van der Waals surface area contributed by atoms with Gasteiger partial charge in [0.25, 0.3) is 5.95 Å². The number of nitrogens with zero attached hydrogens (tertiary/aromatic N) is 7. The van der Waals surface area contributed by atoms with Crippen LogP contribution in [0.4, 0.5) is 11.9 Å². The van der Waals surface area contributed by atoms with E-state index in [0.29, 0.717) is 11.9 Å². The van der Waals surface area contributed by atoms with Crippen LogP contribution in [0.5, 0.6) is 0 Å². The molecular formula is C10H17N9. The molecule has 9 nitrogen and oxygen atoms in total. The predicted molar refractivity (Wildman–Crippen MR) is 70.8 cm³/mol. The summed E-state index contributed by atoms with van der Waals surface area (Å²) in [5, 5.41) is 7.06. The van der Waals surface area contributed by atoms with Crippen molar-refractivity contribution in [1.82, 2.24) is 34.6 Å². The fourth-order valence-electron chi connectivity index (χ4n) is 1.39. The lowest BCUT2D eigenvalue weighted by Crippen LogP contribution is -2.25. The van der Waals surface area contributed by atoms with Gasteiger partial charge in [0.05, 0.1) is 0 Å². The molecule has 0 saturated carbocycles. The summed E-state index contributed by atoms with van der Waals surface area (Å²) in [5.41, 5.74) is 5.65. The second-order valence-electron chi connectivity index (χ2n) is 3.98. The van der Waals surface area contributed by atoms with Crippen LogP contribution in [-0.2, 0) is 0 Å². The van der Waals surface area contributed by atoms with Crippen molar-refractivity contribution < 1.29 is 0 Å². The standard InChI is InChI=1S/C10H17N9/c1-3-18(2)5-4-13-9-15-8(11)16-10(17-9)19-7-12-6-14-19/h6-7H,3-5H2,1-2H3,(H3,11,13,15,16,17). The molecule has 0 atom stereocenters. The van der Waals surface area contributed by atoms with Crippen LogP contribution in [0.2, 0.25) is 0 Å². The normalized spacial score (nSPS) is 10.9. The Morgan fingerprint density at radius 2 is 2.21 bits per heavy atom.